The number of epoxide rings is 1. The molecule has 6 heteroatoms. The molecule has 0 saturated carbocycles. The number of aromatic hydroxyl groups is 1. The monoisotopic (exact) mass is 477 g/mol. The van der Waals surface area contributed by atoms with E-state index in [0.717, 1.165) is 29.2 Å². The van der Waals surface area contributed by atoms with E-state index in [-0.39, 0.29) is 11.5 Å². The molecule has 6 nitrogen and oxygen atoms in total. The van der Waals surface area contributed by atoms with E-state index < -0.39 is 6.09 Å². The van der Waals surface area contributed by atoms with Crippen LogP contribution in [0.2, 0.25) is 0 Å². The molecule has 4 rings (SSSR count). The predicted octanol–water partition coefficient (Wildman–Crippen LogP) is 6.30. The lowest BCUT2D eigenvalue weighted by Gasteiger charge is -2.26. The average molecular weight is 478 g/mol. The normalized spacial score (nSPS) is 14.5. The highest BCUT2D eigenvalue weighted by Gasteiger charge is 2.24. The van der Waals surface area contributed by atoms with Gasteiger partial charge in [-0.25, -0.2) is 4.79 Å². The molecule has 1 aliphatic heterocycles. The number of rotatable bonds is 7. The number of carboxylic acid groups (broad SMARTS) is 1. The second kappa shape index (κ2) is 11.3. The number of ether oxygens (including phenoxy) is 2. The maximum Gasteiger partial charge on any atom is 0.411 e. The summed E-state index contributed by atoms with van der Waals surface area (Å²) in [6.45, 7) is 12.0. The number of carbonyl (C=O) groups is 1. The van der Waals surface area contributed by atoms with Gasteiger partial charge in [-0.3, -0.25) is 4.90 Å². The number of phenols is 1. The van der Waals surface area contributed by atoms with Crippen molar-refractivity contribution in [3.8, 4) is 11.5 Å². The Bertz CT molecular complexity index is 1120. The number of phenolic OH excluding ortho intramolecular Hbond substituents is 1. The van der Waals surface area contributed by atoms with Gasteiger partial charge in [-0.1, -0.05) is 50.2 Å². The van der Waals surface area contributed by atoms with Gasteiger partial charge in [0.2, 0.25) is 0 Å². The first-order valence-corrected chi connectivity index (χ1v) is 11.8. The van der Waals surface area contributed by atoms with Crippen molar-refractivity contribution >= 4 is 11.8 Å². The van der Waals surface area contributed by atoms with Crippen molar-refractivity contribution in [2.75, 3.05) is 24.7 Å². The van der Waals surface area contributed by atoms with E-state index in [1.165, 1.54) is 16.0 Å². The quantitative estimate of drug-likeness (QED) is 0.390. The minimum atomic E-state index is -0.902. The van der Waals surface area contributed by atoms with Gasteiger partial charge in [0.15, 0.2) is 0 Å². The zero-order chi connectivity index (χ0) is 25.6. The molecule has 0 aliphatic carbocycles. The molecule has 0 spiro atoms. The molecule has 1 atom stereocenters. The Morgan fingerprint density at radius 2 is 1.60 bits per heavy atom. The zero-order valence-electron chi connectivity index (χ0n) is 21.1. The van der Waals surface area contributed by atoms with Crippen LogP contribution in [0.3, 0.4) is 0 Å². The Balaban J connectivity index is 0.000000214. The molecule has 1 saturated heterocycles. The molecule has 186 valence electrons. The van der Waals surface area contributed by atoms with Crippen LogP contribution in [-0.2, 0) is 10.2 Å². The molecule has 3 aromatic rings. The highest BCUT2D eigenvalue weighted by Crippen LogP contribution is 2.33. The van der Waals surface area contributed by atoms with E-state index in [1.807, 2.05) is 63.2 Å². The Hall–Kier alpha value is -3.51. The predicted molar refractivity (Wildman–Crippen MR) is 139 cm³/mol. The molecule has 1 aliphatic rings. The summed E-state index contributed by atoms with van der Waals surface area (Å²) in [4.78, 5) is 12.3. The van der Waals surface area contributed by atoms with Gasteiger partial charge < -0.3 is 19.7 Å². The second-order valence-corrected chi connectivity index (χ2v) is 9.28. The highest BCUT2D eigenvalue weighted by molar-refractivity contribution is 5.87. The summed E-state index contributed by atoms with van der Waals surface area (Å²) in [5.41, 5.74) is 5.10. The molecule has 2 N–H and O–H groups in total. The topological polar surface area (TPSA) is 82.5 Å². The second-order valence-electron chi connectivity index (χ2n) is 9.28. The van der Waals surface area contributed by atoms with Crippen molar-refractivity contribution in [3.05, 3.63) is 89.0 Å². The van der Waals surface area contributed by atoms with Crippen LogP contribution in [0.5, 0.6) is 11.5 Å². The van der Waals surface area contributed by atoms with Crippen LogP contribution in [0.15, 0.2) is 66.7 Å². The Morgan fingerprint density at radius 1 is 1.03 bits per heavy atom. The minimum absolute atomic E-state index is 0.119. The summed E-state index contributed by atoms with van der Waals surface area (Å²) < 4.78 is 10.8. The number of hydrogen-bond acceptors (Lipinski definition) is 4. The summed E-state index contributed by atoms with van der Waals surface area (Å²) in [7, 11) is 0. The Labute approximate surface area is 207 Å². The zero-order valence-corrected chi connectivity index (χ0v) is 21.1. The van der Waals surface area contributed by atoms with Crippen molar-refractivity contribution < 1.29 is 24.5 Å². The molecule has 1 fully saturated rings. The van der Waals surface area contributed by atoms with Crippen molar-refractivity contribution in [2.45, 2.75) is 46.1 Å². The first-order chi connectivity index (χ1) is 16.6. The molecular weight excluding hydrogens is 442 g/mol. The number of benzene rings is 3. The molecule has 1 unspecified atom stereocenters. The van der Waals surface area contributed by atoms with E-state index in [0.29, 0.717) is 18.9 Å². The van der Waals surface area contributed by atoms with E-state index >= 15 is 0 Å². The van der Waals surface area contributed by atoms with E-state index in [9.17, 15) is 9.90 Å². The van der Waals surface area contributed by atoms with Crippen molar-refractivity contribution in [1.82, 2.24) is 0 Å². The number of aryl methyl sites for hydroxylation is 2. The molecular formula is C29H35NO5. The highest BCUT2D eigenvalue weighted by atomic mass is 16.6. The lowest BCUT2D eigenvalue weighted by Crippen LogP contribution is -2.29. The molecule has 3 aromatic carbocycles. The fourth-order valence-corrected chi connectivity index (χ4v) is 3.78. The van der Waals surface area contributed by atoms with Crippen LogP contribution in [0.1, 0.15) is 43.0 Å². The average Bonchev–Trinajstić information content (AvgIpc) is 3.66. The third-order valence-corrected chi connectivity index (χ3v) is 6.21. The van der Waals surface area contributed by atoms with Crippen LogP contribution in [-0.4, -0.2) is 42.2 Å². The summed E-state index contributed by atoms with van der Waals surface area (Å²) in [5.74, 6) is 1.16. The fourth-order valence-electron chi connectivity index (χ4n) is 3.78. The van der Waals surface area contributed by atoms with Gasteiger partial charge in [-0.15, -0.1) is 0 Å². The first-order valence-electron chi connectivity index (χ1n) is 11.8. The Morgan fingerprint density at radius 3 is 2.11 bits per heavy atom. The van der Waals surface area contributed by atoms with Gasteiger partial charge in [-0.2, -0.15) is 0 Å². The maximum absolute atomic E-state index is 10.9. The number of nitrogens with zero attached hydrogens (tertiary/aromatic N) is 1. The summed E-state index contributed by atoms with van der Waals surface area (Å²) >= 11 is 0. The standard InChI is InChI=1S/C18H20O3.C11H15NO2/c1-18(2,13-3-7-15(19)8-4-13)14-5-9-16(10-6-14)20-11-17-12-21-17;1-4-12(11(13)14)10-7-8(2)5-6-9(10)3/h3-10,17,19H,11-12H2,1-2H3;5-7H,4H2,1-3H3,(H,13,14). The van der Waals surface area contributed by atoms with E-state index in [1.54, 1.807) is 12.1 Å². The van der Waals surface area contributed by atoms with Gasteiger partial charge in [0.05, 0.1) is 12.3 Å². The number of amides is 1. The van der Waals surface area contributed by atoms with Crippen LogP contribution in [0.4, 0.5) is 10.5 Å². The molecule has 1 amide bonds. The summed E-state index contributed by atoms with van der Waals surface area (Å²) in [6.07, 6.45) is -0.626. The smallest absolute Gasteiger partial charge is 0.411 e. The van der Waals surface area contributed by atoms with E-state index in [2.05, 4.69) is 26.0 Å². The molecule has 1 heterocycles. The van der Waals surface area contributed by atoms with Gasteiger partial charge in [0.1, 0.15) is 24.2 Å². The van der Waals surface area contributed by atoms with Crippen LogP contribution < -0.4 is 9.64 Å². The lowest BCUT2D eigenvalue weighted by atomic mass is 9.78. The fraction of sp³-hybridized carbons (Fsp3) is 0.345. The molecule has 35 heavy (non-hydrogen) atoms. The Kier molecular flexibility index (Phi) is 8.41. The first kappa shape index (κ1) is 26.1. The van der Waals surface area contributed by atoms with Crippen LogP contribution >= 0.6 is 0 Å². The SMILES string of the molecule is CC(C)(c1ccc(O)cc1)c1ccc(OCC2CO2)cc1.CCN(C(=O)O)c1cc(C)ccc1C. The number of hydrogen-bond donors (Lipinski definition) is 2. The third-order valence-electron chi connectivity index (χ3n) is 6.21. The summed E-state index contributed by atoms with van der Waals surface area (Å²) in [6, 6.07) is 21.4. The minimum Gasteiger partial charge on any atom is -0.508 e. The molecule has 0 radical (unpaired) electrons. The van der Waals surface area contributed by atoms with Crippen LogP contribution in [0.25, 0.3) is 0 Å². The molecule has 0 bridgehead atoms. The van der Waals surface area contributed by atoms with Crippen molar-refractivity contribution in [2.24, 2.45) is 0 Å². The summed E-state index contributed by atoms with van der Waals surface area (Å²) in [5, 5.41) is 18.4. The third kappa shape index (κ3) is 6.99. The van der Waals surface area contributed by atoms with Crippen LogP contribution in [0, 0.1) is 13.8 Å². The van der Waals surface area contributed by atoms with Gasteiger partial charge in [0.25, 0.3) is 0 Å². The largest absolute Gasteiger partial charge is 0.508 e. The number of anilines is 1. The van der Waals surface area contributed by atoms with Crippen molar-refractivity contribution in [3.63, 3.8) is 0 Å². The van der Waals surface area contributed by atoms with Gasteiger partial charge in [-0.05, 0) is 73.4 Å². The molecule has 0 aromatic heterocycles. The van der Waals surface area contributed by atoms with E-state index in [4.69, 9.17) is 14.6 Å². The van der Waals surface area contributed by atoms with Crippen molar-refractivity contribution in [1.29, 1.82) is 0 Å². The maximum atomic E-state index is 10.9. The van der Waals surface area contributed by atoms with Gasteiger partial charge in [0, 0.05) is 12.0 Å². The lowest BCUT2D eigenvalue weighted by molar-refractivity contribution is 0.202. The van der Waals surface area contributed by atoms with Gasteiger partial charge >= 0.3 is 6.09 Å².